The van der Waals surface area contributed by atoms with E-state index >= 15 is 0 Å². The van der Waals surface area contributed by atoms with Gasteiger partial charge in [-0.2, -0.15) is 0 Å². The SMILES string of the molecule is COc1ccc(CCC2(C)NC(=O)N(CC(=O)c3cc(C)n(C4CC4)c3C)C2=O)cc1. The van der Waals surface area contributed by atoms with Gasteiger partial charge in [-0.25, -0.2) is 4.79 Å². The van der Waals surface area contributed by atoms with E-state index in [4.69, 9.17) is 4.74 Å². The maximum Gasteiger partial charge on any atom is 0.325 e. The van der Waals surface area contributed by atoms with Crippen molar-refractivity contribution in [1.82, 2.24) is 14.8 Å². The van der Waals surface area contributed by atoms with E-state index in [-0.39, 0.29) is 18.2 Å². The molecule has 7 nitrogen and oxygen atoms in total. The highest BCUT2D eigenvalue weighted by molar-refractivity contribution is 6.11. The summed E-state index contributed by atoms with van der Waals surface area (Å²) in [7, 11) is 1.61. The van der Waals surface area contributed by atoms with E-state index in [1.165, 1.54) is 0 Å². The second-order valence-corrected chi connectivity index (χ2v) is 8.81. The van der Waals surface area contributed by atoms with Gasteiger partial charge in [0, 0.05) is 23.0 Å². The summed E-state index contributed by atoms with van der Waals surface area (Å²) in [6.45, 7) is 5.41. The largest absolute Gasteiger partial charge is 0.497 e. The molecular weight excluding hydrogens is 394 g/mol. The van der Waals surface area contributed by atoms with Crippen LogP contribution in [0.25, 0.3) is 0 Å². The normalized spacial score (nSPS) is 20.8. The molecule has 7 heteroatoms. The first-order chi connectivity index (χ1) is 14.7. The van der Waals surface area contributed by atoms with E-state index in [2.05, 4.69) is 9.88 Å². The Morgan fingerprint density at radius 3 is 2.48 bits per heavy atom. The average molecular weight is 424 g/mol. The summed E-state index contributed by atoms with van der Waals surface area (Å²) in [6, 6.07) is 9.47. The molecule has 2 aliphatic rings. The van der Waals surface area contributed by atoms with E-state index < -0.39 is 11.6 Å². The number of Topliss-reactive ketones (excluding diaryl/α,β-unsaturated/α-hetero) is 1. The second-order valence-electron chi connectivity index (χ2n) is 8.81. The van der Waals surface area contributed by atoms with Gasteiger partial charge in [0.2, 0.25) is 0 Å². The quantitative estimate of drug-likeness (QED) is 0.520. The van der Waals surface area contributed by atoms with Crippen LogP contribution in [0.2, 0.25) is 0 Å². The van der Waals surface area contributed by atoms with Crippen molar-refractivity contribution in [2.24, 2.45) is 0 Å². The molecule has 0 radical (unpaired) electrons. The summed E-state index contributed by atoms with van der Waals surface area (Å²) in [5.74, 6) is 0.212. The number of hydrogen-bond donors (Lipinski definition) is 1. The van der Waals surface area contributed by atoms with Crippen molar-refractivity contribution in [1.29, 1.82) is 0 Å². The molecule has 1 aliphatic carbocycles. The van der Waals surface area contributed by atoms with Gasteiger partial charge in [0.15, 0.2) is 5.78 Å². The summed E-state index contributed by atoms with van der Waals surface area (Å²) in [5, 5.41) is 2.79. The van der Waals surface area contributed by atoms with Crippen molar-refractivity contribution < 1.29 is 19.1 Å². The van der Waals surface area contributed by atoms with Crippen LogP contribution in [0.15, 0.2) is 30.3 Å². The first-order valence-corrected chi connectivity index (χ1v) is 10.7. The number of rotatable bonds is 8. The lowest BCUT2D eigenvalue weighted by molar-refractivity contribution is -0.130. The van der Waals surface area contributed by atoms with Crippen molar-refractivity contribution in [2.75, 3.05) is 13.7 Å². The molecule has 0 spiro atoms. The van der Waals surface area contributed by atoms with Gasteiger partial charge in [0.05, 0.1) is 13.7 Å². The zero-order valence-corrected chi connectivity index (χ0v) is 18.5. The maximum absolute atomic E-state index is 13.1. The smallest absolute Gasteiger partial charge is 0.325 e. The average Bonchev–Trinajstić information content (AvgIpc) is 3.50. The van der Waals surface area contributed by atoms with E-state index in [9.17, 15) is 14.4 Å². The number of amides is 3. The minimum absolute atomic E-state index is 0.206. The molecule has 1 N–H and O–H groups in total. The number of nitrogens with zero attached hydrogens (tertiary/aromatic N) is 2. The van der Waals surface area contributed by atoms with Gasteiger partial charge in [-0.3, -0.25) is 14.5 Å². The lowest BCUT2D eigenvalue weighted by Gasteiger charge is -2.21. The fraction of sp³-hybridized carbons (Fsp3) is 0.458. The summed E-state index contributed by atoms with van der Waals surface area (Å²) < 4.78 is 7.36. The highest BCUT2D eigenvalue weighted by Gasteiger charge is 2.48. The van der Waals surface area contributed by atoms with E-state index in [0.29, 0.717) is 24.4 Å². The van der Waals surface area contributed by atoms with Crippen molar-refractivity contribution in [3.05, 3.63) is 52.8 Å². The number of carbonyl (C=O) groups is 3. The Hall–Kier alpha value is -3.09. The van der Waals surface area contributed by atoms with Crippen LogP contribution in [0.5, 0.6) is 5.75 Å². The number of ether oxygens (including phenoxy) is 1. The molecule has 31 heavy (non-hydrogen) atoms. The molecule has 1 aromatic carbocycles. The topological polar surface area (TPSA) is 80.6 Å². The van der Waals surface area contributed by atoms with Gasteiger partial charge in [-0.15, -0.1) is 0 Å². The highest BCUT2D eigenvalue weighted by atomic mass is 16.5. The third kappa shape index (κ3) is 3.96. The molecule has 1 saturated heterocycles. The summed E-state index contributed by atoms with van der Waals surface area (Å²) in [4.78, 5) is 39.7. The number of ketones is 1. The van der Waals surface area contributed by atoms with Crippen LogP contribution < -0.4 is 10.1 Å². The fourth-order valence-corrected chi connectivity index (χ4v) is 4.43. The number of aryl methyl sites for hydroxylation is 2. The van der Waals surface area contributed by atoms with Crippen LogP contribution in [0.3, 0.4) is 0 Å². The molecular formula is C24H29N3O4. The van der Waals surface area contributed by atoms with Gasteiger partial charge in [-0.05, 0) is 70.2 Å². The molecule has 2 fully saturated rings. The molecule has 2 heterocycles. The van der Waals surface area contributed by atoms with Crippen LogP contribution in [0, 0.1) is 13.8 Å². The highest BCUT2D eigenvalue weighted by Crippen LogP contribution is 2.38. The molecule has 1 aliphatic heterocycles. The number of urea groups is 1. The molecule has 1 unspecified atom stereocenters. The summed E-state index contributed by atoms with van der Waals surface area (Å²) >= 11 is 0. The predicted octanol–water partition coefficient (Wildman–Crippen LogP) is 3.57. The van der Waals surface area contributed by atoms with Gasteiger partial charge in [-0.1, -0.05) is 12.1 Å². The predicted molar refractivity (Wildman–Crippen MR) is 116 cm³/mol. The second kappa shape index (κ2) is 7.87. The fourth-order valence-electron chi connectivity index (χ4n) is 4.43. The first-order valence-electron chi connectivity index (χ1n) is 10.7. The molecule has 3 amide bonds. The third-order valence-corrected chi connectivity index (χ3v) is 6.42. The van der Waals surface area contributed by atoms with Gasteiger partial charge >= 0.3 is 6.03 Å². The van der Waals surface area contributed by atoms with E-state index in [1.54, 1.807) is 14.0 Å². The van der Waals surface area contributed by atoms with Crippen molar-refractivity contribution >= 4 is 17.7 Å². The van der Waals surface area contributed by atoms with Crippen LogP contribution in [0.4, 0.5) is 4.79 Å². The first kappa shape index (κ1) is 21.2. The molecule has 1 saturated carbocycles. The van der Waals surface area contributed by atoms with Crippen LogP contribution in [-0.2, 0) is 11.2 Å². The lowest BCUT2D eigenvalue weighted by atomic mass is 9.93. The van der Waals surface area contributed by atoms with Gasteiger partial charge < -0.3 is 14.6 Å². The number of nitrogens with one attached hydrogen (secondary N) is 1. The minimum Gasteiger partial charge on any atom is -0.497 e. The molecule has 4 rings (SSSR count). The van der Waals surface area contributed by atoms with Crippen molar-refractivity contribution in [2.45, 2.75) is 58.0 Å². The number of hydrogen-bond acceptors (Lipinski definition) is 4. The Labute approximate surface area is 182 Å². The van der Waals surface area contributed by atoms with Crippen LogP contribution in [-0.4, -0.2) is 46.4 Å². The molecule has 2 aromatic rings. The van der Waals surface area contributed by atoms with Gasteiger partial charge in [0.1, 0.15) is 11.3 Å². The monoisotopic (exact) mass is 423 g/mol. The number of benzene rings is 1. The van der Waals surface area contributed by atoms with Crippen LogP contribution in [0.1, 0.15) is 59.5 Å². The molecule has 0 bridgehead atoms. The number of methoxy groups -OCH3 is 1. The molecule has 1 atom stereocenters. The minimum atomic E-state index is -1.03. The Kier molecular flexibility index (Phi) is 5.37. The summed E-state index contributed by atoms with van der Waals surface area (Å²) in [5.41, 5.74) is 2.58. The van der Waals surface area contributed by atoms with Crippen molar-refractivity contribution in [3.8, 4) is 5.75 Å². The number of carbonyl (C=O) groups excluding carboxylic acids is 3. The Bertz CT molecular complexity index is 1040. The molecule has 164 valence electrons. The van der Waals surface area contributed by atoms with Crippen LogP contribution >= 0.6 is 0 Å². The van der Waals surface area contributed by atoms with Crippen molar-refractivity contribution in [3.63, 3.8) is 0 Å². The Balaban J connectivity index is 1.44. The number of imide groups is 1. The van der Waals surface area contributed by atoms with Gasteiger partial charge in [0.25, 0.3) is 5.91 Å². The third-order valence-electron chi connectivity index (χ3n) is 6.42. The zero-order valence-electron chi connectivity index (χ0n) is 18.5. The maximum atomic E-state index is 13.1. The Morgan fingerprint density at radius 2 is 1.87 bits per heavy atom. The summed E-state index contributed by atoms with van der Waals surface area (Å²) in [6.07, 6.45) is 3.33. The zero-order chi connectivity index (χ0) is 22.3. The standard InChI is InChI=1S/C24H29N3O4/c1-15-13-20(16(2)27(15)18-7-8-18)21(28)14-26-22(29)24(3,25-23(26)30)12-11-17-5-9-19(31-4)10-6-17/h5-6,9-10,13,18H,7-8,11-12,14H2,1-4H3,(H,25,30). The van der Waals surface area contributed by atoms with E-state index in [1.807, 2.05) is 44.2 Å². The Morgan fingerprint density at radius 1 is 1.19 bits per heavy atom. The lowest BCUT2D eigenvalue weighted by Crippen LogP contribution is -2.44. The molecule has 1 aromatic heterocycles. The number of aromatic nitrogens is 1. The van der Waals surface area contributed by atoms with E-state index in [0.717, 1.165) is 40.4 Å².